The molecule has 0 bridgehead atoms. The average molecular weight is 264 g/mol. The minimum Gasteiger partial charge on any atom is -0.384 e. The smallest absolute Gasteiger partial charge is 0.127 e. The van der Waals surface area contributed by atoms with Crippen molar-refractivity contribution in [2.75, 3.05) is 5.73 Å². The first kappa shape index (κ1) is 13.0. The van der Waals surface area contributed by atoms with Gasteiger partial charge in [0, 0.05) is 16.5 Å². The van der Waals surface area contributed by atoms with E-state index in [0.29, 0.717) is 5.82 Å². The van der Waals surface area contributed by atoms with Gasteiger partial charge in [0.1, 0.15) is 5.82 Å². The van der Waals surface area contributed by atoms with Crippen molar-refractivity contribution in [2.24, 2.45) is 0 Å². The van der Waals surface area contributed by atoms with Crippen molar-refractivity contribution in [3.63, 3.8) is 0 Å². The molecule has 0 atom stereocenters. The number of nitrogen functional groups attached to an aromatic ring is 1. The Balaban J connectivity index is 2.51. The molecular weight excluding hydrogens is 246 g/mol. The SMILES string of the molecule is Cc1ccc(-n2nc(C(C)(C)C)cc2N)cc1Cl. The monoisotopic (exact) mass is 263 g/mol. The van der Waals surface area contributed by atoms with Crippen LogP contribution in [0.2, 0.25) is 5.02 Å². The van der Waals surface area contributed by atoms with E-state index in [-0.39, 0.29) is 5.41 Å². The van der Waals surface area contributed by atoms with Gasteiger partial charge in [0.15, 0.2) is 0 Å². The van der Waals surface area contributed by atoms with E-state index in [9.17, 15) is 0 Å². The van der Waals surface area contributed by atoms with Gasteiger partial charge in [0.05, 0.1) is 11.4 Å². The molecule has 2 rings (SSSR count). The summed E-state index contributed by atoms with van der Waals surface area (Å²) in [6.07, 6.45) is 0. The van der Waals surface area contributed by atoms with E-state index >= 15 is 0 Å². The molecule has 18 heavy (non-hydrogen) atoms. The first-order chi connectivity index (χ1) is 8.29. The standard InChI is InChI=1S/C14H18ClN3/c1-9-5-6-10(7-11(9)15)18-13(16)8-12(17-18)14(2,3)4/h5-8H,16H2,1-4H3. The van der Waals surface area contributed by atoms with Crippen molar-refractivity contribution < 1.29 is 0 Å². The molecular formula is C14H18ClN3. The topological polar surface area (TPSA) is 43.8 Å². The second kappa shape index (κ2) is 4.32. The van der Waals surface area contributed by atoms with E-state index < -0.39 is 0 Å². The fourth-order valence-electron chi connectivity index (χ4n) is 1.68. The summed E-state index contributed by atoms with van der Waals surface area (Å²) in [5.41, 5.74) is 8.90. The highest BCUT2D eigenvalue weighted by molar-refractivity contribution is 6.31. The molecule has 2 aromatic rings. The lowest BCUT2D eigenvalue weighted by atomic mass is 9.92. The van der Waals surface area contributed by atoms with Crippen LogP contribution in [-0.2, 0) is 5.41 Å². The lowest BCUT2D eigenvalue weighted by Gasteiger charge is -2.14. The fraction of sp³-hybridized carbons (Fsp3) is 0.357. The minimum atomic E-state index is -0.0200. The summed E-state index contributed by atoms with van der Waals surface area (Å²) in [6, 6.07) is 7.73. The van der Waals surface area contributed by atoms with Crippen LogP contribution in [0.5, 0.6) is 0 Å². The lowest BCUT2D eigenvalue weighted by Crippen LogP contribution is -2.12. The van der Waals surface area contributed by atoms with Gasteiger partial charge in [-0.1, -0.05) is 38.4 Å². The highest BCUT2D eigenvalue weighted by Gasteiger charge is 2.19. The summed E-state index contributed by atoms with van der Waals surface area (Å²) in [5, 5.41) is 5.28. The molecule has 0 aliphatic rings. The van der Waals surface area contributed by atoms with Crippen molar-refractivity contribution in [3.8, 4) is 5.69 Å². The molecule has 0 unspecified atom stereocenters. The number of halogens is 1. The molecule has 1 aromatic heterocycles. The van der Waals surface area contributed by atoms with E-state index in [1.54, 1.807) is 4.68 Å². The zero-order valence-electron chi connectivity index (χ0n) is 11.2. The zero-order chi connectivity index (χ0) is 13.5. The van der Waals surface area contributed by atoms with Gasteiger partial charge in [0.25, 0.3) is 0 Å². The maximum atomic E-state index is 6.13. The van der Waals surface area contributed by atoms with Gasteiger partial charge in [-0.25, -0.2) is 4.68 Å². The van der Waals surface area contributed by atoms with E-state index in [2.05, 4.69) is 25.9 Å². The summed E-state index contributed by atoms with van der Waals surface area (Å²) in [4.78, 5) is 0. The average Bonchev–Trinajstić information content (AvgIpc) is 2.64. The summed E-state index contributed by atoms with van der Waals surface area (Å²) in [6.45, 7) is 8.31. The zero-order valence-corrected chi connectivity index (χ0v) is 11.9. The Kier molecular flexibility index (Phi) is 3.11. The number of aromatic nitrogens is 2. The van der Waals surface area contributed by atoms with E-state index in [1.165, 1.54) is 0 Å². The quantitative estimate of drug-likeness (QED) is 0.852. The van der Waals surface area contributed by atoms with Gasteiger partial charge in [-0.15, -0.1) is 0 Å². The Labute approximate surface area is 113 Å². The Bertz CT molecular complexity index is 579. The molecule has 4 heteroatoms. The molecule has 0 fully saturated rings. The molecule has 3 nitrogen and oxygen atoms in total. The van der Waals surface area contributed by atoms with E-state index in [4.69, 9.17) is 17.3 Å². The molecule has 0 radical (unpaired) electrons. The fourth-order valence-corrected chi connectivity index (χ4v) is 1.86. The predicted molar refractivity (Wildman–Crippen MR) is 76.4 cm³/mol. The first-order valence-corrected chi connectivity index (χ1v) is 6.29. The summed E-state index contributed by atoms with van der Waals surface area (Å²) >= 11 is 6.13. The summed E-state index contributed by atoms with van der Waals surface area (Å²) in [5.74, 6) is 0.625. The van der Waals surface area contributed by atoms with Crippen LogP contribution >= 0.6 is 11.6 Å². The van der Waals surface area contributed by atoms with Gasteiger partial charge in [-0.2, -0.15) is 5.10 Å². The number of nitrogens with two attached hydrogens (primary N) is 1. The number of nitrogens with zero attached hydrogens (tertiary/aromatic N) is 2. The molecule has 0 aliphatic heterocycles. The molecule has 0 aliphatic carbocycles. The Hall–Kier alpha value is -1.48. The van der Waals surface area contributed by atoms with Crippen LogP contribution in [0.25, 0.3) is 5.69 Å². The largest absolute Gasteiger partial charge is 0.384 e. The number of benzene rings is 1. The molecule has 0 saturated heterocycles. The number of hydrogen-bond donors (Lipinski definition) is 1. The Morgan fingerprint density at radius 1 is 1.22 bits per heavy atom. The van der Waals surface area contributed by atoms with E-state index in [1.807, 2.05) is 31.2 Å². The van der Waals surface area contributed by atoms with Crippen LogP contribution in [0.4, 0.5) is 5.82 Å². The van der Waals surface area contributed by atoms with Crippen molar-refractivity contribution in [2.45, 2.75) is 33.1 Å². The first-order valence-electron chi connectivity index (χ1n) is 5.91. The van der Waals surface area contributed by atoms with Crippen molar-refractivity contribution in [1.29, 1.82) is 0 Å². The number of hydrogen-bond acceptors (Lipinski definition) is 2. The normalized spacial score (nSPS) is 11.8. The molecule has 1 aromatic carbocycles. The summed E-state index contributed by atoms with van der Waals surface area (Å²) < 4.78 is 1.73. The number of rotatable bonds is 1. The van der Waals surface area contributed by atoms with Crippen molar-refractivity contribution >= 4 is 17.4 Å². The van der Waals surface area contributed by atoms with Gasteiger partial charge in [-0.3, -0.25) is 0 Å². The third-order valence-corrected chi connectivity index (χ3v) is 3.31. The summed E-state index contributed by atoms with van der Waals surface area (Å²) in [7, 11) is 0. The lowest BCUT2D eigenvalue weighted by molar-refractivity contribution is 0.560. The molecule has 0 amide bonds. The Morgan fingerprint density at radius 3 is 2.39 bits per heavy atom. The predicted octanol–water partition coefficient (Wildman–Crippen LogP) is 3.71. The molecule has 0 spiro atoms. The van der Waals surface area contributed by atoms with Gasteiger partial charge in [-0.05, 0) is 24.6 Å². The highest BCUT2D eigenvalue weighted by Crippen LogP contribution is 2.26. The Morgan fingerprint density at radius 2 is 1.89 bits per heavy atom. The highest BCUT2D eigenvalue weighted by atomic mass is 35.5. The second-order valence-corrected chi connectivity index (χ2v) is 5.96. The number of anilines is 1. The maximum absolute atomic E-state index is 6.13. The molecule has 2 N–H and O–H groups in total. The molecule has 96 valence electrons. The van der Waals surface area contributed by atoms with Gasteiger partial charge >= 0.3 is 0 Å². The van der Waals surface area contributed by atoms with Crippen LogP contribution in [-0.4, -0.2) is 9.78 Å². The van der Waals surface area contributed by atoms with Gasteiger partial charge < -0.3 is 5.73 Å². The van der Waals surface area contributed by atoms with Crippen molar-refractivity contribution in [3.05, 3.63) is 40.5 Å². The second-order valence-electron chi connectivity index (χ2n) is 5.55. The van der Waals surface area contributed by atoms with Crippen LogP contribution in [0.15, 0.2) is 24.3 Å². The molecule has 0 saturated carbocycles. The minimum absolute atomic E-state index is 0.0200. The van der Waals surface area contributed by atoms with Crippen LogP contribution in [0.1, 0.15) is 32.0 Å². The van der Waals surface area contributed by atoms with Crippen LogP contribution in [0.3, 0.4) is 0 Å². The van der Waals surface area contributed by atoms with Crippen LogP contribution in [0, 0.1) is 6.92 Å². The van der Waals surface area contributed by atoms with Gasteiger partial charge in [0.2, 0.25) is 0 Å². The van der Waals surface area contributed by atoms with E-state index in [0.717, 1.165) is 22.0 Å². The molecule has 1 heterocycles. The third kappa shape index (κ3) is 2.36. The third-order valence-electron chi connectivity index (χ3n) is 2.91. The number of aryl methyl sites for hydroxylation is 1. The van der Waals surface area contributed by atoms with Crippen molar-refractivity contribution in [1.82, 2.24) is 9.78 Å². The van der Waals surface area contributed by atoms with Crippen LogP contribution < -0.4 is 5.73 Å². The maximum Gasteiger partial charge on any atom is 0.127 e.